The number of rotatable bonds is 20. The lowest BCUT2D eigenvalue weighted by Gasteiger charge is -2.31. The van der Waals surface area contributed by atoms with Crippen LogP contribution in [0.2, 0.25) is 0 Å². The third kappa shape index (κ3) is 12.2. The number of carbonyl (C=O) groups is 2. The predicted molar refractivity (Wildman–Crippen MR) is 226 cm³/mol. The zero-order valence-electron chi connectivity index (χ0n) is 33.9. The summed E-state index contributed by atoms with van der Waals surface area (Å²) in [7, 11) is 0. The largest absolute Gasteiger partial charge is 0.494 e. The molecule has 0 fully saturated rings. The molecule has 59 heavy (non-hydrogen) atoms. The van der Waals surface area contributed by atoms with Gasteiger partial charge in [-0.05, 0) is 92.3 Å². The zero-order chi connectivity index (χ0) is 41.5. The van der Waals surface area contributed by atoms with E-state index in [9.17, 15) is 9.59 Å². The average Bonchev–Trinajstić information content (AvgIpc) is 3.65. The van der Waals surface area contributed by atoms with Crippen molar-refractivity contribution in [2.45, 2.75) is 76.9 Å². The minimum atomic E-state index is -1.53. The molecule has 3 N–H and O–H groups in total. The van der Waals surface area contributed by atoms with Crippen molar-refractivity contribution >= 4 is 17.8 Å². The van der Waals surface area contributed by atoms with Gasteiger partial charge < -0.3 is 28.8 Å². The number of ether oxygens (including phenoxy) is 5. The maximum absolute atomic E-state index is 14.6. The van der Waals surface area contributed by atoms with Crippen LogP contribution in [0.4, 0.5) is 0 Å². The number of benzene rings is 5. The number of amides is 1. The molecular formula is C48H53N3O8. The molecule has 1 aliphatic rings. The Hall–Kier alpha value is -6.17. The van der Waals surface area contributed by atoms with Gasteiger partial charge in [-0.1, -0.05) is 97.1 Å². The summed E-state index contributed by atoms with van der Waals surface area (Å²) < 4.78 is 30.4. The van der Waals surface area contributed by atoms with E-state index in [0.29, 0.717) is 62.0 Å². The number of aliphatic imine (C=N–C) groups is 1. The van der Waals surface area contributed by atoms with Crippen molar-refractivity contribution in [2.24, 2.45) is 4.99 Å². The Labute approximate surface area is 346 Å². The van der Waals surface area contributed by atoms with Gasteiger partial charge in [-0.2, -0.15) is 0 Å². The molecule has 1 heterocycles. The maximum atomic E-state index is 14.6. The maximum Gasteiger partial charge on any atom is 0.306 e. The summed E-state index contributed by atoms with van der Waals surface area (Å²) in [6.45, 7) is 6.98. The van der Waals surface area contributed by atoms with Crippen molar-refractivity contribution in [3.05, 3.63) is 161 Å². The molecule has 308 valence electrons. The Morgan fingerprint density at radius 2 is 1.39 bits per heavy atom. The Morgan fingerprint density at radius 1 is 0.763 bits per heavy atom. The summed E-state index contributed by atoms with van der Waals surface area (Å²) in [6, 6.07) is 42.4. The molecule has 0 saturated heterocycles. The van der Waals surface area contributed by atoms with Gasteiger partial charge in [-0.3, -0.25) is 15.0 Å². The standard InChI is InChI=1S/C48H53N3O8/c1-47(2,3)59-43(53)26-28-48(44(38-18-11-6-12-19-38)58-45(50-48)39-21-23-40(24-22-39)55-31-13-30-52)46(54)51-49-29-27-35-20-25-41(56-33-36-14-7-4-8-15-36)42(32-35)57-34-37-16-9-5-10-17-37/h4-12,14-25,32,44,49,52H,13,26-31,33-34H2,1-3H3,(H,51,54)/t44-,48-/m0/s1. The average molecular weight is 800 g/mol. The highest BCUT2D eigenvalue weighted by Gasteiger charge is 2.53. The second-order valence-corrected chi connectivity index (χ2v) is 15.2. The first-order valence-corrected chi connectivity index (χ1v) is 20.0. The Kier molecular flexibility index (Phi) is 14.7. The van der Waals surface area contributed by atoms with Crippen LogP contribution in [0.3, 0.4) is 0 Å². The van der Waals surface area contributed by atoms with Gasteiger partial charge in [0.05, 0.1) is 6.61 Å². The number of hydrogen-bond donors (Lipinski definition) is 3. The third-order valence-electron chi connectivity index (χ3n) is 9.49. The van der Waals surface area contributed by atoms with Crippen LogP contribution in [0.25, 0.3) is 0 Å². The minimum absolute atomic E-state index is 0.0212. The smallest absolute Gasteiger partial charge is 0.306 e. The van der Waals surface area contributed by atoms with Crippen LogP contribution >= 0.6 is 0 Å². The number of esters is 1. The fourth-order valence-corrected chi connectivity index (χ4v) is 6.55. The number of aliphatic hydroxyl groups excluding tert-OH is 1. The van der Waals surface area contributed by atoms with Gasteiger partial charge in [0, 0.05) is 31.6 Å². The fourth-order valence-electron chi connectivity index (χ4n) is 6.55. The molecule has 1 amide bonds. The lowest BCUT2D eigenvalue weighted by Crippen LogP contribution is -2.53. The SMILES string of the molecule is CC(C)(C)OC(=O)CC[C@]1(C(=O)NNCCc2ccc(OCc3ccccc3)c(OCc3ccccc3)c2)N=C(c2ccc(OCCCO)cc2)O[C@H]1c1ccccc1. The first-order valence-electron chi connectivity index (χ1n) is 20.0. The van der Waals surface area contributed by atoms with Gasteiger partial charge in [0.25, 0.3) is 5.91 Å². The molecule has 11 nitrogen and oxygen atoms in total. The molecule has 0 radical (unpaired) electrons. The predicted octanol–water partition coefficient (Wildman–Crippen LogP) is 7.85. The molecule has 11 heteroatoms. The van der Waals surface area contributed by atoms with Crippen LogP contribution in [0.5, 0.6) is 17.2 Å². The highest BCUT2D eigenvalue weighted by molar-refractivity contribution is 6.01. The van der Waals surface area contributed by atoms with E-state index in [4.69, 9.17) is 33.8 Å². The highest BCUT2D eigenvalue weighted by atomic mass is 16.6. The topological polar surface area (TPSA) is 137 Å². The Bertz CT molecular complexity index is 2120. The summed E-state index contributed by atoms with van der Waals surface area (Å²) in [6.07, 6.45) is 0.159. The summed E-state index contributed by atoms with van der Waals surface area (Å²) in [5, 5.41) is 9.13. The summed E-state index contributed by atoms with van der Waals surface area (Å²) in [5.74, 6) is 1.24. The molecule has 0 aromatic heterocycles. The van der Waals surface area contributed by atoms with Crippen LogP contribution in [0.15, 0.2) is 138 Å². The number of carbonyl (C=O) groups excluding carboxylic acids is 2. The fraction of sp³-hybridized carbons (Fsp3) is 0.312. The molecule has 0 saturated carbocycles. The normalized spacial score (nSPS) is 16.1. The number of aliphatic hydroxyl groups is 1. The van der Waals surface area contributed by atoms with Crippen molar-refractivity contribution in [3.8, 4) is 17.2 Å². The number of hydrogen-bond acceptors (Lipinski definition) is 10. The van der Waals surface area contributed by atoms with Gasteiger partial charge >= 0.3 is 5.97 Å². The third-order valence-corrected chi connectivity index (χ3v) is 9.49. The molecule has 0 spiro atoms. The lowest BCUT2D eigenvalue weighted by atomic mass is 9.83. The van der Waals surface area contributed by atoms with Crippen molar-refractivity contribution < 1.29 is 38.4 Å². The molecule has 6 rings (SSSR count). The quantitative estimate of drug-likeness (QED) is 0.0409. The molecule has 0 bridgehead atoms. The van der Waals surface area contributed by atoms with Gasteiger partial charge in [-0.25, -0.2) is 10.4 Å². The summed E-state index contributed by atoms with van der Waals surface area (Å²) >= 11 is 0. The zero-order valence-corrected chi connectivity index (χ0v) is 33.9. The van der Waals surface area contributed by atoms with Gasteiger partial charge in [0.1, 0.15) is 24.6 Å². The molecule has 5 aromatic rings. The first kappa shape index (κ1) is 42.4. The van der Waals surface area contributed by atoms with Crippen molar-refractivity contribution in [3.63, 3.8) is 0 Å². The second kappa shape index (κ2) is 20.5. The van der Waals surface area contributed by atoms with E-state index in [1.54, 1.807) is 32.9 Å². The molecular weight excluding hydrogens is 747 g/mol. The molecule has 0 unspecified atom stereocenters. The first-order chi connectivity index (χ1) is 28.6. The molecule has 2 atom stereocenters. The van der Waals surface area contributed by atoms with Crippen molar-refractivity contribution in [1.29, 1.82) is 0 Å². The number of hydrazine groups is 1. The van der Waals surface area contributed by atoms with Crippen LogP contribution in [0, 0.1) is 0 Å². The minimum Gasteiger partial charge on any atom is -0.494 e. The molecule has 0 aliphatic carbocycles. The Balaban J connectivity index is 1.20. The van der Waals surface area contributed by atoms with Gasteiger partial charge in [-0.15, -0.1) is 0 Å². The van der Waals surface area contributed by atoms with Gasteiger partial charge in [0.15, 0.2) is 23.1 Å². The van der Waals surface area contributed by atoms with E-state index >= 15 is 0 Å². The van der Waals surface area contributed by atoms with E-state index in [1.165, 1.54) is 0 Å². The highest BCUT2D eigenvalue weighted by Crippen LogP contribution is 2.43. The van der Waals surface area contributed by atoms with Crippen LogP contribution in [-0.2, 0) is 38.7 Å². The van der Waals surface area contributed by atoms with E-state index < -0.39 is 29.1 Å². The van der Waals surface area contributed by atoms with Crippen molar-refractivity contribution in [2.75, 3.05) is 19.8 Å². The summed E-state index contributed by atoms with van der Waals surface area (Å²) in [5.41, 5.74) is 8.20. The van der Waals surface area contributed by atoms with Crippen LogP contribution in [0.1, 0.15) is 74.0 Å². The monoisotopic (exact) mass is 799 g/mol. The Morgan fingerprint density at radius 3 is 2.02 bits per heavy atom. The van der Waals surface area contributed by atoms with E-state index in [1.807, 2.05) is 121 Å². The summed E-state index contributed by atoms with van der Waals surface area (Å²) in [4.78, 5) is 32.7. The molecule has 1 aliphatic heterocycles. The number of nitrogens with one attached hydrogen (secondary N) is 2. The molecule has 5 aromatic carbocycles. The van der Waals surface area contributed by atoms with E-state index in [-0.39, 0.29) is 25.3 Å². The van der Waals surface area contributed by atoms with Crippen molar-refractivity contribution in [1.82, 2.24) is 10.9 Å². The van der Waals surface area contributed by atoms with Crippen LogP contribution in [-0.4, -0.2) is 53.8 Å². The second-order valence-electron chi connectivity index (χ2n) is 15.2. The lowest BCUT2D eigenvalue weighted by molar-refractivity contribution is -0.155. The number of nitrogens with zero attached hydrogens (tertiary/aromatic N) is 1. The van der Waals surface area contributed by atoms with E-state index in [2.05, 4.69) is 10.9 Å². The van der Waals surface area contributed by atoms with Crippen LogP contribution < -0.4 is 25.1 Å². The van der Waals surface area contributed by atoms with Gasteiger partial charge in [0.2, 0.25) is 5.90 Å². The van der Waals surface area contributed by atoms with E-state index in [0.717, 1.165) is 22.3 Å².